The Morgan fingerprint density at radius 2 is 1.69 bits per heavy atom. The van der Waals surface area contributed by atoms with E-state index in [9.17, 15) is 0 Å². The fraction of sp³-hybridized carbons (Fsp3) is 0.538. The SMILES string of the molecule is COCCNCCNCc1ccc(C)cc1. The van der Waals surface area contributed by atoms with Crippen molar-refractivity contribution >= 4 is 0 Å². The molecule has 0 aliphatic carbocycles. The molecule has 3 heteroatoms. The van der Waals surface area contributed by atoms with Crippen molar-refractivity contribution < 1.29 is 4.74 Å². The van der Waals surface area contributed by atoms with Gasteiger partial charge in [-0.05, 0) is 12.5 Å². The average Bonchev–Trinajstić information content (AvgIpc) is 2.30. The number of rotatable bonds is 8. The van der Waals surface area contributed by atoms with Crippen LogP contribution in [0.15, 0.2) is 24.3 Å². The first-order valence-electron chi connectivity index (χ1n) is 5.79. The summed E-state index contributed by atoms with van der Waals surface area (Å²) in [6, 6.07) is 8.63. The van der Waals surface area contributed by atoms with E-state index in [2.05, 4.69) is 41.8 Å². The summed E-state index contributed by atoms with van der Waals surface area (Å²) >= 11 is 0. The number of nitrogens with one attached hydrogen (secondary N) is 2. The van der Waals surface area contributed by atoms with Gasteiger partial charge in [0.2, 0.25) is 0 Å². The van der Waals surface area contributed by atoms with Gasteiger partial charge in [-0.25, -0.2) is 0 Å². The van der Waals surface area contributed by atoms with Crippen LogP contribution in [0.5, 0.6) is 0 Å². The maximum absolute atomic E-state index is 4.95. The first kappa shape index (κ1) is 13.2. The van der Waals surface area contributed by atoms with E-state index in [0.717, 1.165) is 32.8 Å². The topological polar surface area (TPSA) is 33.3 Å². The van der Waals surface area contributed by atoms with Gasteiger partial charge in [-0.3, -0.25) is 0 Å². The van der Waals surface area contributed by atoms with E-state index < -0.39 is 0 Å². The second-order valence-electron chi connectivity index (χ2n) is 3.91. The zero-order chi connectivity index (χ0) is 11.6. The minimum Gasteiger partial charge on any atom is -0.383 e. The molecule has 0 radical (unpaired) electrons. The molecule has 90 valence electrons. The lowest BCUT2D eigenvalue weighted by molar-refractivity contribution is 0.199. The lowest BCUT2D eigenvalue weighted by Gasteiger charge is -2.06. The average molecular weight is 222 g/mol. The van der Waals surface area contributed by atoms with E-state index in [4.69, 9.17) is 4.74 Å². The highest BCUT2D eigenvalue weighted by Crippen LogP contribution is 2.01. The molecule has 0 saturated heterocycles. The molecule has 0 unspecified atom stereocenters. The van der Waals surface area contributed by atoms with Crippen LogP contribution in [0.4, 0.5) is 0 Å². The van der Waals surface area contributed by atoms with Gasteiger partial charge >= 0.3 is 0 Å². The highest BCUT2D eigenvalue weighted by molar-refractivity contribution is 5.20. The molecule has 16 heavy (non-hydrogen) atoms. The highest BCUT2D eigenvalue weighted by atomic mass is 16.5. The third kappa shape index (κ3) is 5.85. The van der Waals surface area contributed by atoms with Gasteiger partial charge in [0, 0.05) is 33.3 Å². The summed E-state index contributed by atoms with van der Waals surface area (Å²) in [6.45, 7) is 6.71. The van der Waals surface area contributed by atoms with Gasteiger partial charge in [0.25, 0.3) is 0 Å². The Labute approximate surface area is 98.2 Å². The molecule has 0 spiro atoms. The molecular weight excluding hydrogens is 200 g/mol. The van der Waals surface area contributed by atoms with E-state index in [1.807, 2.05) is 0 Å². The normalized spacial score (nSPS) is 10.6. The van der Waals surface area contributed by atoms with Crippen molar-refractivity contribution in [3.63, 3.8) is 0 Å². The second kappa shape index (κ2) is 8.28. The Hall–Kier alpha value is -0.900. The van der Waals surface area contributed by atoms with Crippen LogP contribution in [0.3, 0.4) is 0 Å². The number of aryl methyl sites for hydroxylation is 1. The van der Waals surface area contributed by atoms with Gasteiger partial charge in [0.1, 0.15) is 0 Å². The van der Waals surface area contributed by atoms with Crippen molar-refractivity contribution in [2.75, 3.05) is 33.4 Å². The Bertz CT molecular complexity index is 272. The van der Waals surface area contributed by atoms with Crippen LogP contribution < -0.4 is 10.6 Å². The van der Waals surface area contributed by atoms with Crippen LogP contribution in [0.1, 0.15) is 11.1 Å². The van der Waals surface area contributed by atoms with E-state index in [-0.39, 0.29) is 0 Å². The van der Waals surface area contributed by atoms with Crippen molar-refractivity contribution in [1.82, 2.24) is 10.6 Å². The van der Waals surface area contributed by atoms with Crippen molar-refractivity contribution in [3.8, 4) is 0 Å². The molecule has 0 saturated carbocycles. The van der Waals surface area contributed by atoms with E-state index >= 15 is 0 Å². The standard InChI is InChI=1S/C13H22N2O/c1-12-3-5-13(6-4-12)11-15-8-7-14-9-10-16-2/h3-6,14-15H,7-11H2,1-2H3. The minimum atomic E-state index is 0.776. The molecule has 0 amide bonds. The Morgan fingerprint density at radius 1 is 1.00 bits per heavy atom. The molecule has 3 nitrogen and oxygen atoms in total. The summed E-state index contributed by atoms with van der Waals surface area (Å²) in [5.74, 6) is 0. The molecule has 1 rings (SSSR count). The van der Waals surface area contributed by atoms with Crippen molar-refractivity contribution in [2.24, 2.45) is 0 Å². The molecular formula is C13H22N2O. The molecule has 1 aromatic carbocycles. The summed E-state index contributed by atoms with van der Waals surface area (Å²) in [4.78, 5) is 0. The third-order valence-corrected chi connectivity index (χ3v) is 2.41. The Balaban J connectivity index is 2.01. The first-order chi connectivity index (χ1) is 7.83. The fourth-order valence-corrected chi connectivity index (χ4v) is 1.41. The largest absolute Gasteiger partial charge is 0.383 e. The number of methoxy groups -OCH3 is 1. The highest BCUT2D eigenvalue weighted by Gasteiger charge is 1.92. The Kier molecular flexibility index (Phi) is 6.81. The van der Waals surface area contributed by atoms with Gasteiger partial charge < -0.3 is 15.4 Å². The van der Waals surface area contributed by atoms with Crippen LogP contribution in [0, 0.1) is 6.92 Å². The summed E-state index contributed by atoms with van der Waals surface area (Å²) in [7, 11) is 1.72. The van der Waals surface area contributed by atoms with E-state index in [1.165, 1.54) is 11.1 Å². The minimum absolute atomic E-state index is 0.776. The van der Waals surface area contributed by atoms with E-state index in [1.54, 1.807) is 7.11 Å². The number of benzene rings is 1. The van der Waals surface area contributed by atoms with Crippen molar-refractivity contribution in [1.29, 1.82) is 0 Å². The number of hydrogen-bond acceptors (Lipinski definition) is 3. The summed E-state index contributed by atoms with van der Waals surface area (Å²) < 4.78 is 4.95. The Morgan fingerprint density at radius 3 is 2.38 bits per heavy atom. The maximum Gasteiger partial charge on any atom is 0.0587 e. The van der Waals surface area contributed by atoms with Gasteiger partial charge in [-0.2, -0.15) is 0 Å². The molecule has 0 heterocycles. The van der Waals surface area contributed by atoms with Gasteiger partial charge in [0.05, 0.1) is 6.61 Å². The zero-order valence-corrected chi connectivity index (χ0v) is 10.3. The predicted octanol–water partition coefficient (Wildman–Crippen LogP) is 1.32. The number of hydrogen-bond donors (Lipinski definition) is 2. The van der Waals surface area contributed by atoms with E-state index in [0.29, 0.717) is 0 Å². The first-order valence-corrected chi connectivity index (χ1v) is 5.79. The van der Waals surface area contributed by atoms with Crippen molar-refractivity contribution in [3.05, 3.63) is 35.4 Å². The summed E-state index contributed by atoms with van der Waals surface area (Å²) in [5.41, 5.74) is 2.65. The summed E-state index contributed by atoms with van der Waals surface area (Å²) in [5, 5.41) is 6.69. The number of ether oxygens (including phenoxy) is 1. The second-order valence-corrected chi connectivity index (χ2v) is 3.91. The quantitative estimate of drug-likeness (QED) is 0.651. The monoisotopic (exact) mass is 222 g/mol. The van der Waals surface area contributed by atoms with Gasteiger partial charge in [0.15, 0.2) is 0 Å². The van der Waals surface area contributed by atoms with Crippen LogP contribution in [-0.4, -0.2) is 33.4 Å². The molecule has 2 N–H and O–H groups in total. The van der Waals surface area contributed by atoms with Crippen LogP contribution >= 0.6 is 0 Å². The smallest absolute Gasteiger partial charge is 0.0587 e. The molecule has 0 aliphatic rings. The van der Waals surface area contributed by atoms with Crippen LogP contribution in [-0.2, 0) is 11.3 Å². The third-order valence-electron chi connectivity index (χ3n) is 2.41. The van der Waals surface area contributed by atoms with Crippen LogP contribution in [0.2, 0.25) is 0 Å². The van der Waals surface area contributed by atoms with Gasteiger partial charge in [-0.1, -0.05) is 29.8 Å². The predicted molar refractivity (Wildman–Crippen MR) is 67.6 cm³/mol. The zero-order valence-electron chi connectivity index (χ0n) is 10.3. The molecule has 1 aromatic rings. The molecule has 0 fully saturated rings. The molecule has 0 bridgehead atoms. The molecule has 0 atom stereocenters. The maximum atomic E-state index is 4.95. The van der Waals surface area contributed by atoms with Gasteiger partial charge in [-0.15, -0.1) is 0 Å². The lowest BCUT2D eigenvalue weighted by atomic mass is 10.1. The fourth-order valence-electron chi connectivity index (χ4n) is 1.41. The molecule has 0 aromatic heterocycles. The molecule has 0 aliphatic heterocycles. The summed E-state index contributed by atoms with van der Waals surface area (Å²) in [6.07, 6.45) is 0. The van der Waals surface area contributed by atoms with Crippen molar-refractivity contribution in [2.45, 2.75) is 13.5 Å². The van der Waals surface area contributed by atoms with Crippen LogP contribution in [0.25, 0.3) is 0 Å². The lowest BCUT2D eigenvalue weighted by Crippen LogP contribution is -2.29.